The monoisotopic (exact) mass is 904 g/mol. The molecule has 2 aliphatic heterocycles. The molecule has 0 saturated carbocycles. The summed E-state index contributed by atoms with van der Waals surface area (Å²) in [6, 6.07) is 77.8. The van der Waals surface area contributed by atoms with Crippen molar-refractivity contribution in [2.24, 2.45) is 0 Å². The molecule has 70 heavy (non-hydrogen) atoms. The van der Waals surface area contributed by atoms with Crippen molar-refractivity contribution in [2.45, 2.75) is 52.4 Å². The van der Waals surface area contributed by atoms with Crippen molar-refractivity contribution in [1.29, 1.82) is 0 Å². The molecule has 6 heteroatoms. The van der Waals surface area contributed by atoms with Gasteiger partial charge in [-0.15, -0.1) is 0 Å². The number of nitrogens with zero attached hydrogens (tertiary/aromatic N) is 4. The minimum atomic E-state index is -0.0649. The summed E-state index contributed by atoms with van der Waals surface area (Å²) in [5.41, 5.74) is 21.5. The first-order chi connectivity index (χ1) is 34.0. The van der Waals surface area contributed by atoms with Crippen LogP contribution in [0.5, 0.6) is 0 Å². The van der Waals surface area contributed by atoms with Gasteiger partial charge in [-0.3, -0.25) is 0 Å². The van der Waals surface area contributed by atoms with E-state index in [1.807, 2.05) is 0 Å². The van der Waals surface area contributed by atoms with Gasteiger partial charge in [0.2, 0.25) is 0 Å². The van der Waals surface area contributed by atoms with Gasteiger partial charge in [0, 0.05) is 68.0 Å². The van der Waals surface area contributed by atoms with Gasteiger partial charge in [0.1, 0.15) is 11.1 Å². The molecular weight excluding hydrogens is 852 g/mol. The summed E-state index contributed by atoms with van der Waals surface area (Å²) in [6.07, 6.45) is 0. The Labute approximate surface area is 410 Å². The van der Waals surface area contributed by atoms with Crippen LogP contribution in [-0.2, 0) is 10.8 Å². The van der Waals surface area contributed by atoms with Crippen molar-refractivity contribution in [3.05, 3.63) is 223 Å². The number of rotatable bonds is 7. The Morgan fingerprint density at radius 3 is 1.56 bits per heavy atom. The van der Waals surface area contributed by atoms with Crippen molar-refractivity contribution in [3.63, 3.8) is 0 Å². The fourth-order valence-electron chi connectivity index (χ4n) is 11.2. The van der Waals surface area contributed by atoms with Gasteiger partial charge in [-0.25, -0.2) is 0 Å². The van der Waals surface area contributed by atoms with E-state index in [9.17, 15) is 0 Å². The topological polar surface area (TPSA) is 27.8 Å². The van der Waals surface area contributed by atoms with Gasteiger partial charge < -0.3 is 23.7 Å². The third-order valence-electron chi connectivity index (χ3n) is 14.6. The Morgan fingerprint density at radius 2 is 0.957 bits per heavy atom. The predicted octanol–water partition coefficient (Wildman–Crippen LogP) is 15.7. The van der Waals surface area contributed by atoms with Gasteiger partial charge in [-0.2, -0.15) is 0 Å². The number of hydrogen-bond donors (Lipinski definition) is 0. The number of fused-ring (bicyclic) bond motifs is 9. The molecule has 338 valence electrons. The third-order valence-corrected chi connectivity index (χ3v) is 14.6. The molecule has 5 nitrogen and oxygen atoms in total. The quantitative estimate of drug-likeness (QED) is 0.149. The average Bonchev–Trinajstić information content (AvgIpc) is 3.91. The van der Waals surface area contributed by atoms with E-state index >= 15 is 0 Å². The Hall–Kier alpha value is -8.22. The molecule has 9 aromatic carbocycles. The number of benzene rings is 9. The van der Waals surface area contributed by atoms with Crippen molar-refractivity contribution < 1.29 is 4.42 Å². The molecule has 2 aliphatic rings. The number of para-hydroxylation sites is 5. The Morgan fingerprint density at radius 1 is 0.400 bits per heavy atom. The lowest BCUT2D eigenvalue weighted by Crippen LogP contribution is -2.60. The fraction of sp³-hybridized carbons (Fsp3) is 0.125. The Balaban J connectivity index is 1.14. The fourth-order valence-corrected chi connectivity index (χ4v) is 11.2. The molecule has 11 aromatic rings. The Bertz CT molecular complexity index is 3730. The van der Waals surface area contributed by atoms with Crippen LogP contribution in [0.1, 0.15) is 52.7 Å². The highest BCUT2D eigenvalue weighted by Gasteiger charge is 2.44. The molecule has 0 aliphatic carbocycles. The second-order valence-corrected chi connectivity index (χ2v) is 21.0. The first kappa shape index (κ1) is 41.9. The second-order valence-electron chi connectivity index (χ2n) is 21.0. The molecule has 0 radical (unpaired) electrons. The molecule has 0 spiro atoms. The highest BCUT2D eigenvalue weighted by molar-refractivity contribution is 7.00. The molecule has 0 amide bonds. The standard InChI is InChI=1S/C64H53BN4O/c1-63(2,3)42-21-19-30-48(37-42)68-55-38-43(64(4,5)6)33-36-53(55)65-54-32-20-31-52-60(54)69(57-40-50(39-56(68)59(57)65)67(46-26-15-9-16-27-46)47-28-17-10-18-29-47)61-51-35-34-49(41-58(51)70-62(52)61)66(44-22-11-7-12-23-44)45-24-13-8-14-25-45/h7-41H,1-6H3. The van der Waals surface area contributed by atoms with Crippen LogP contribution >= 0.6 is 0 Å². The van der Waals surface area contributed by atoms with Gasteiger partial charge in [-0.1, -0.05) is 151 Å². The summed E-state index contributed by atoms with van der Waals surface area (Å²) in [4.78, 5) is 7.29. The molecule has 4 heterocycles. The number of anilines is 9. The normalized spacial score (nSPS) is 12.9. The van der Waals surface area contributed by atoms with Crippen LogP contribution in [0.4, 0.5) is 51.2 Å². The zero-order valence-electron chi connectivity index (χ0n) is 40.5. The van der Waals surface area contributed by atoms with Gasteiger partial charge >= 0.3 is 0 Å². The lowest BCUT2D eigenvalue weighted by atomic mass is 9.33. The minimum absolute atomic E-state index is 0.0367. The summed E-state index contributed by atoms with van der Waals surface area (Å²) < 4.78 is 9.77. The van der Waals surface area contributed by atoms with Crippen molar-refractivity contribution in [3.8, 4) is 5.69 Å². The molecular formula is C64H53BN4O. The van der Waals surface area contributed by atoms with Gasteiger partial charge in [0.05, 0.1) is 11.2 Å². The highest BCUT2D eigenvalue weighted by Crippen LogP contribution is 2.49. The lowest BCUT2D eigenvalue weighted by molar-refractivity contribution is 0.590. The number of aromatic nitrogens is 1. The van der Waals surface area contributed by atoms with E-state index in [-0.39, 0.29) is 17.5 Å². The Kier molecular flexibility index (Phi) is 9.38. The van der Waals surface area contributed by atoms with E-state index in [2.05, 4.69) is 273 Å². The first-order valence-corrected chi connectivity index (χ1v) is 24.5. The van der Waals surface area contributed by atoms with Crippen molar-refractivity contribution in [2.75, 3.05) is 14.7 Å². The third kappa shape index (κ3) is 6.54. The smallest absolute Gasteiger partial charge is 0.252 e. The van der Waals surface area contributed by atoms with Crippen LogP contribution in [0.25, 0.3) is 38.7 Å². The lowest BCUT2D eigenvalue weighted by Gasteiger charge is -2.42. The molecule has 0 bridgehead atoms. The summed E-state index contributed by atoms with van der Waals surface area (Å²) in [5.74, 6) is 0. The molecule has 0 fully saturated rings. The first-order valence-electron chi connectivity index (χ1n) is 24.5. The zero-order valence-corrected chi connectivity index (χ0v) is 40.5. The summed E-state index contributed by atoms with van der Waals surface area (Å²) in [6.45, 7) is 13.8. The molecule has 0 atom stereocenters. The summed E-state index contributed by atoms with van der Waals surface area (Å²) >= 11 is 0. The maximum atomic E-state index is 7.23. The average molecular weight is 905 g/mol. The van der Waals surface area contributed by atoms with E-state index in [1.54, 1.807) is 0 Å². The van der Waals surface area contributed by atoms with Crippen LogP contribution in [0, 0.1) is 0 Å². The highest BCUT2D eigenvalue weighted by atomic mass is 16.3. The van der Waals surface area contributed by atoms with Crippen molar-refractivity contribution in [1.82, 2.24) is 4.57 Å². The second kappa shape index (κ2) is 15.7. The van der Waals surface area contributed by atoms with E-state index < -0.39 is 0 Å². The zero-order chi connectivity index (χ0) is 47.5. The maximum absolute atomic E-state index is 7.23. The van der Waals surface area contributed by atoms with Crippen LogP contribution in [0.15, 0.2) is 217 Å². The van der Waals surface area contributed by atoms with Gasteiger partial charge in [0.15, 0.2) is 5.58 Å². The molecule has 13 rings (SSSR count). The largest absolute Gasteiger partial charge is 0.454 e. The minimum Gasteiger partial charge on any atom is -0.454 e. The molecule has 2 aromatic heterocycles. The molecule has 0 saturated heterocycles. The van der Waals surface area contributed by atoms with Crippen molar-refractivity contribution >= 4 is 107 Å². The summed E-state index contributed by atoms with van der Waals surface area (Å²) in [5, 5.41) is 2.19. The van der Waals surface area contributed by atoms with Crippen LogP contribution in [0.3, 0.4) is 0 Å². The van der Waals surface area contributed by atoms with Crippen LogP contribution < -0.4 is 31.1 Å². The predicted molar refractivity (Wildman–Crippen MR) is 297 cm³/mol. The van der Waals surface area contributed by atoms with E-state index in [4.69, 9.17) is 4.42 Å². The van der Waals surface area contributed by atoms with E-state index in [0.717, 1.165) is 73.0 Å². The molecule has 0 unspecified atom stereocenters. The van der Waals surface area contributed by atoms with E-state index in [0.29, 0.717) is 0 Å². The van der Waals surface area contributed by atoms with Gasteiger partial charge in [-0.05, 0) is 135 Å². The van der Waals surface area contributed by atoms with Crippen LogP contribution in [-0.4, -0.2) is 11.3 Å². The summed E-state index contributed by atoms with van der Waals surface area (Å²) in [7, 11) is 0. The van der Waals surface area contributed by atoms with Gasteiger partial charge in [0.25, 0.3) is 6.71 Å². The molecule has 0 N–H and O–H groups in total. The SMILES string of the molecule is CC(C)(C)c1cccc(N2c3cc(C(C)(C)C)ccc3B3c4c2cc(N(c2ccccc2)c2ccccc2)cc4-n2c4c3cccc4c3oc4cc(N(c5ccccc5)c5ccccc5)ccc4c32)c1. The number of hydrogen-bond acceptors (Lipinski definition) is 4. The van der Waals surface area contributed by atoms with E-state index in [1.165, 1.54) is 44.4 Å². The maximum Gasteiger partial charge on any atom is 0.252 e. The van der Waals surface area contributed by atoms with Crippen LogP contribution in [0.2, 0.25) is 0 Å². The number of furan rings is 1.